The molecule has 0 atom stereocenters. The zero-order chi connectivity index (χ0) is 19.5. The number of nitrogens with zero attached hydrogens (tertiary/aromatic N) is 7. The molecule has 0 radical (unpaired) electrons. The first-order chi connectivity index (χ1) is 13.7. The molecule has 0 spiro atoms. The molecule has 0 fully saturated rings. The van der Waals surface area contributed by atoms with Crippen molar-refractivity contribution >= 4 is 17.3 Å². The lowest BCUT2D eigenvalue weighted by atomic mass is 10.1. The third-order valence-electron chi connectivity index (χ3n) is 4.37. The Balaban J connectivity index is 0.000000162. The Kier molecular flexibility index (Phi) is 4.55. The van der Waals surface area contributed by atoms with Crippen LogP contribution in [0.4, 0.5) is 16.2 Å². The summed E-state index contributed by atoms with van der Waals surface area (Å²) in [6.45, 7) is 1.48. The summed E-state index contributed by atoms with van der Waals surface area (Å²) in [6.07, 6.45) is 7.28. The van der Waals surface area contributed by atoms with Crippen molar-refractivity contribution in [1.29, 1.82) is 5.26 Å². The molecule has 5 rings (SSSR count). The van der Waals surface area contributed by atoms with Crippen LogP contribution < -0.4 is 10.6 Å². The molecule has 28 heavy (non-hydrogen) atoms. The lowest BCUT2D eigenvalue weighted by Gasteiger charge is -2.26. The van der Waals surface area contributed by atoms with Crippen LogP contribution in [0.25, 0.3) is 5.52 Å². The second-order valence-corrected chi connectivity index (χ2v) is 6.10. The second-order valence-electron chi connectivity index (χ2n) is 6.10. The summed E-state index contributed by atoms with van der Waals surface area (Å²) in [5.41, 5.74) is 8.68. The zero-order valence-electron chi connectivity index (χ0n) is 14.7. The molecule has 0 bridgehead atoms. The minimum atomic E-state index is -0.236. The van der Waals surface area contributed by atoms with Crippen LogP contribution in [0.15, 0.2) is 43.1 Å². The molecule has 4 aromatic heterocycles. The highest BCUT2D eigenvalue weighted by Gasteiger charge is 2.20. The molecular weight excluding hydrogens is 361 g/mol. The maximum absolute atomic E-state index is 12.8. The van der Waals surface area contributed by atoms with E-state index in [-0.39, 0.29) is 11.6 Å². The largest absolute Gasteiger partial charge is 0.382 e. The summed E-state index contributed by atoms with van der Waals surface area (Å²) in [4.78, 5) is 17.7. The van der Waals surface area contributed by atoms with Gasteiger partial charge in [0.1, 0.15) is 28.8 Å². The fraction of sp³-hybridized carbons (Fsp3) is 0.167. The van der Waals surface area contributed by atoms with Gasteiger partial charge in [-0.15, -0.1) is 0 Å². The molecule has 0 amide bonds. The Morgan fingerprint density at radius 1 is 1.29 bits per heavy atom. The van der Waals surface area contributed by atoms with Crippen molar-refractivity contribution in [2.24, 2.45) is 0 Å². The number of pyridine rings is 1. The number of imidazole rings is 1. The third kappa shape index (κ3) is 3.33. The molecule has 1 aliphatic rings. The number of anilines is 2. The van der Waals surface area contributed by atoms with Crippen LogP contribution in [0.3, 0.4) is 0 Å². The first-order valence-electron chi connectivity index (χ1n) is 8.52. The van der Waals surface area contributed by atoms with Gasteiger partial charge < -0.3 is 15.6 Å². The topological polar surface area (TPSA) is 125 Å². The van der Waals surface area contributed by atoms with E-state index in [0.717, 1.165) is 24.4 Å². The van der Waals surface area contributed by atoms with Gasteiger partial charge in [-0.25, -0.2) is 18.9 Å². The van der Waals surface area contributed by atoms with E-state index in [9.17, 15) is 4.39 Å². The van der Waals surface area contributed by atoms with Gasteiger partial charge in [0.15, 0.2) is 0 Å². The molecule has 9 nitrogen and oxygen atoms in total. The van der Waals surface area contributed by atoms with Crippen molar-refractivity contribution in [3.63, 3.8) is 0 Å². The molecule has 0 aliphatic carbocycles. The van der Waals surface area contributed by atoms with Crippen LogP contribution in [-0.4, -0.2) is 36.1 Å². The summed E-state index contributed by atoms with van der Waals surface area (Å²) in [5, 5.41) is 12.6. The van der Waals surface area contributed by atoms with Crippen molar-refractivity contribution in [2.75, 3.05) is 17.2 Å². The number of hydrogen-bond donors (Lipinski definition) is 2. The summed E-state index contributed by atoms with van der Waals surface area (Å²) < 4.78 is 14.3. The number of aromatic nitrogens is 6. The Bertz CT molecular complexity index is 1160. The van der Waals surface area contributed by atoms with Crippen LogP contribution in [0.1, 0.15) is 17.0 Å². The molecular formula is C18H16FN9. The number of aromatic amines is 1. The van der Waals surface area contributed by atoms with Crippen LogP contribution in [0.5, 0.6) is 0 Å². The Hall–Kier alpha value is -4.00. The lowest BCUT2D eigenvalue weighted by molar-refractivity contribution is 0.630. The highest BCUT2D eigenvalue weighted by molar-refractivity contribution is 5.51. The van der Waals surface area contributed by atoms with Crippen molar-refractivity contribution in [3.05, 3.63) is 65.9 Å². The van der Waals surface area contributed by atoms with Gasteiger partial charge in [-0.2, -0.15) is 15.3 Å². The quantitative estimate of drug-likeness (QED) is 0.517. The standard InChI is InChI=1S/C11H11N7.C7H5FN2/c12-3-7-4-14-11(17-10(7)13)18-2-1-8-9(5-18)16-6-15-8;8-6-2-1-5-10-7(6)3-4-9-10/h4,6H,1-2,5H2,(H,15,16)(H2,13,14,17);1-5H. The Labute approximate surface area is 159 Å². The van der Waals surface area contributed by atoms with Crippen molar-refractivity contribution in [3.8, 4) is 6.07 Å². The average molecular weight is 377 g/mol. The van der Waals surface area contributed by atoms with E-state index in [4.69, 9.17) is 11.0 Å². The Morgan fingerprint density at radius 3 is 2.96 bits per heavy atom. The molecule has 0 saturated carbocycles. The number of hydrogen-bond acceptors (Lipinski definition) is 7. The van der Waals surface area contributed by atoms with E-state index in [1.165, 1.54) is 16.8 Å². The molecule has 10 heteroatoms. The van der Waals surface area contributed by atoms with E-state index < -0.39 is 0 Å². The molecule has 0 saturated heterocycles. The van der Waals surface area contributed by atoms with Gasteiger partial charge in [0.05, 0.1) is 36.7 Å². The van der Waals surface area contributed by atoms with Gasteiger partial charge in [-0.3, -0.25) is 0 Å². The van der Waals surface area contributed by atoms with Crippen LogP contribution in [-0.2, 0) is 13.0 Å². The van der Waals surface area contributed by atoms with Gasteiger partial charge in [-0.05, 0) is 18.2 Å². The molecule has 5 heterocycles. The number of nitrogen functional groups attached to an aromatic ring is 1. The highest BCUT2D eigenvalue weighted by Crippen LogP contribution is 2.20. The second kappa shape index (κ2) is 7.32. The van der Waals surface area contributed by atoms with Crippen molar-refractivity contribution in [2.45, 2.75) is 13.0 Å². The number of nitriles is 1. The normalized spacial score (nSPS) is 12.8. The number of rotatable bonds is 1. The van der Waals surface area contributed by atoms with E-state index in [2.05, 4.69) is 25.0 Å². The number of H-pyrrole nitrogens is 1. The molecule has 3 N–H and O–H groups in total. The fourth-order valence-electron chi connectivity index (χ4n) is 2.92. The van der Waals surface area contributed by atoms with Gasteiger partial charge in [0, 0.05) is 19.2 Å². The Morgan fingerprint density at radius 2 is 2.18 bits per heavy atom. The van der Waals surface area contributed by atoms with E-state index in [0.29, 0.717) is 23.6 Å². The van der Waals surface area contributed by atoms with Gasteiger partial charge in [0.25, 0.3) is 0 Å². The first-order valence-corrected chi connectivity index (χ1v) is 8.52. The summed E-state index contributed by atoms with van der Waals surface area (Å²) in [7, 11) is 0. The number of nitrogens with two attached hydrogens (primary N) is 1. The van der Waals surface area contributed by atoms with Gasteiger partial charge in [0.2, 0.25) is 5.95 Å². The summed E-state index contributed by atoms with van der Waals surface area (Å²) in [6, 6.07) is 6.62. The van der Waals surface area contributed by atoms with E-state index >= 15 is 0 Å². The summed E-state index contributed by atoms with van der Waals surface area (Å²) >= 11 is 0. The minimum Gasteiger partial charge on any atom is -0.382 e. The smallest absolute Gasteiger partial charge is 0.227 e. The fourth-order valence-corrected chi connectivity index (χ4v) is 2.92. The molecule has 0 aromatic carbocycles. The minimum absolute atomic E-state index is 0.220. The average Bonchev–Trinajstić information content (AvgIpc) is 3.37. The highest BCUT2D eigenvalue weighted by atomic mass is 19.1. The molecule has 1 aliphatic heterocycles. The van der Waals surface area contributed by atoms with Crippen LogP contribution in [0, 0.1) is 17.1 Å². The number of fused-ring (bicyclic) bond motifs is 2. The first kappa shape index (κ1) is 17.4. The van der Waals surface area contributed by atoms with Gasteiger partial charge >= 0.3 is 0 Å². The lowest BCUT2D eigenvalue weighted by Crippen LogP contribution is -2.32. The maximum Gasteiger partial charge on any atom is 0.227 e. The van der Waals surface area contributed by atoms with Crippen molar-refractivity contribution < 1.29 is 4.39 Å². The summed E-state index contributed by atoms with van der Waals surface area (Å²) in [5.74, 6) is 0.532. The number of halogens is 1. The van der Waals surface area contributed by atoms with Crippen LogP contribution in [0.2, 0.25) is 0 Å². The van der Waals surface area contributed by atoms with Gasteiger partial charge in [-0.1, -0.05) is 0 Å². The van der Waals surface area contributed by atoms with Crippen LogP contribution >= 0.6 is 0 Å². The molecule has 0 unspecified atom stereocenters. The van der Waals surface area contributed by atoms with Crippen molar-refractivity contribution in [1.82, 2.24) is 29.5 Å². The molecule has 4 aromatic rings. The monoisotopic (exact) mass is 377 g/mol. The maximum atomic E-state index is 12.8. The molecule has 140 valence electrons. The predicted molar refractivity (Wildman–Crippen MR) is 99.7 cm³/mol. The number of nitrogens with one attached hydrogen (secondary N) is 1. The van der Waals surface area contributed by atoms with E-state index in [1.54, 1.807) is 30.9 Å². The third-order valence-corrected chi connectivity index (χ3v) is 4.37. The predicted octanol–water partition coefficient (Wildman–Crippen LogP) is 1.69. The SMILES string of the molecule is Fc1cccn2nccc12.N#Cc1cnc(N2CCc3nc[nH]c3C2)nc1N. The van der Waals surface area contributed by atoms with E-state index in [1.807, 2.05) is 11.0 Å². The zero-order valence-corrected chi connectivity index (χ0v) is 14.7.